The van der Waals surface area contributed by atoms with E-state index < -0.39 is 17.4 Å². The molecule has 0 aliphatic carbocycles. The van der Waals surface area contributed by atoms with E-state index in [0.29, 0.717) is 6.42 Å². The van der Waals surface area contributed by atoms with Crippen molar-refractivity contribution in [2.45, 2.75) is 27.2 Å². The molecule has 1 rings (SSSR count). The minimum atomic E-state index is -1.27. The minimum Gasteiger partial charge on any atom is -0.465 e. The first-order valence-corrected chi connectivity index (χ1v) is 6.84. The molecule has 100 valence electrons. The molecule has 0 aliphatic heterocycles. The maximum atomic E-state index is 12.0. The highest BCUT2D eigenvalue weighted by molar-refractivity contribution is 7.07. The van der Waals surface area contributed by atoms with Gasteiger partial charge >= 0.3 is 11.9 Å². The van der Waals surface area contributed by atoms with Gasteiger partial charge in [-0.05, 0) is 49.6 Å². The molecule has 0 radical (unpaired) electrons. The van der Waals surface area contributed by atoms with Crippen molar-refractivity contribution in [3.05, 3.63) is 22.4 Å². The summed E-state index contributed by atoms with van der Waals surface area (Å²) in [5.74, 6) is -1.07. The average Bonchev–Trinajstić information content (AvgIpc) is 2.82. The highest BCUT2D eigenvalue weighted by Crippen LogP contribution is 2.27. The molecule has 0 atom stereocenters. The summed E-state index contributed by atoms with van der Waals surface area (Å²) in [6.45, 7) is 5.50. The maximum Gasteiger partial charge on any atom is 0.323 e. The Kier molecular flexibility index (Phi) is 5.34. The number of carbonyl (C=O) groups is 2. The van der Waals surface area contributed by atoms with Crippen molar-refractivity contribution in [3.8, 4) is 0 Å². The summed E-state index contributed by atoms with van der Waals surface area (Å²) in [5.41, 5.74) is -0.337. The van der Waals surface area contributed by atoms with Gasteiger partial charge in [0.2, 0.25) is 0 Å². The topological polar surface area (TPSA) is 52.6 Å². The van der Waals surface area contributed by atoms with Crippen molar-refractivity contribution in [3.63, 3.8) is 0 Å². The van der Waals surface area contributed by atoms with Gasteiger partial charge in [-0.1, -0.05) is 0 Å². The predicted molar refractivity (Wildman–Crippen MR) is 69.4 cm³/mol. The molecule has 0 N–H and O–H groups in total. The van der Waals surface area contributed by atoms with Crippen LogP contribution in [0.4, 0.5) is 0 Å². The van der Waals surface area contributed by atoms with Gasteiger partial charge in [0.05, 0.1) is 13.2 Å². The first-order valence-electron chi connectivity index (χ1n) is 5.90. The number of rotatable bonds is 6. The molecule has 1 aromatic heterocycles. The largest absolute Gasteiger partial charge is 0.465 e. The summed E-state index contributed by atoms with van der Waals surface area (Å²) in [6, 6.07) is 1.89. The number of carbonyl (C=O) groups excluding carboxylic acids is 2. The third-order valence-corrected chi connectivity index (χ3v) is 3.32. The zero-order valence-electron chi connectivity index (χ0n) is 10.9. The second-order valence-corrected chi connectivity index (χ2v) is 4.86. The molecule has 1 aromatic rings. The van der Waals surface area contributed by atoms with Crippen LogP contribution in [0.2, 0.25) is 0 Å². The van der Waals surface area contributed by atoms with Crippen LogP contribution in [0.25, 0.3) is 0 Å². The molecule has 0 aromatic carbocycles. The van der Waals surface area contributed by atoms with E-state index in [0.717, 1.165) is 5.56 Å². The van der Waals surface area contributed by atoms with Gasteiger partial charge in [-0.2, -0.15) is 11.3 Å². The lowest BCUT2D eigenvalue weighted by atomic mass is 9.84. The second-order valence-electron chi connectivity index (χ2n) is 4.08. The van der Waals surface area contributed by atoms with Crippen LogP contribution in [0, 0.1) is 5.41 Å². The van der Waals surface area contributed by atoms with E-state index in [2.05, 4.69) is 0 Å². The Morgan fingerprint density at radius 1 is 1.22 bits per heavy atom. The summed E-state index contributed by atoms with van der Waals surface area (Å²) in [4.78, 5) is 24.0. The SMILES string of the molecule is CCOC(=O)C(C)(Cc1ccsc1)C(=O)OCC. The normalized spacial score (nSPS) is 11.1. The summed E-state index contributed by atoms with van der Waals surface area (Å²) < 4.78 is 9.97. The Hall–Kier alpha value is -1.36. The third-order valence-electron chi connectivity index (χ3n) is 2.59. The third kappa shape index (κ3) is 3.32. The van der Waals surface area contributed by atoms with Crippen LogP contribution >= 0.6 is 11.3 Å². The number of ether oxygens (including phenoxy) is 2. The Morgan fingerprint density at radius 2 is 1.78 bits per heavy atom. The van der Waals surface area contributed by atoms with Crippen LogP contribution in [0.3, 0.4) is 0 Å². The van der Waals surface area contributed by atoms with Gasteiger partial charge in [-0.25, -0.2) is 0 Å². The van der Waals surface area contributed by atoms with Gasteiger partial charge in [0, 0.05) is 0 Å². The zero-order chi connectivity index (χ0) is 13.6. The van der Waals surface area contributed by atoms with Crippen LogP contribution < -0.4 is 0 Å². The van der Waals surface area contributed by atoms with E-state index in [1.807, 2.05) is 16.8 Å². The minimum absolute atomic E-state index is 0.247. The van der Waals surface area contributed by atoms with Crippen LogP contribution in [0.1, 0.15) is 26.3 Å². The van der Waals surface area contributed by atoms with E-state index in [-0.39, 0.29) is 13.2 Å². The van der Waals surface area contributed by atoms with E-state index in [4.69, 9.17) is 9.47 Å². The molecule has 0 saturated heterocycles. The van der Waals surface area contributed by atoms with Gasteiger partial charge in [0.1, 0.15) is 0 Å². The molecule has 0 saturated carbocycles. The second kappa shape index (κ2) is 6.54. The first kappa shape index (κ1) is 14.7. The molecule has 4 nitrogen and oxygen atoms in total. The van der Waals surface area contributed by atoms with Gasteiger partial charge in [0.25, 0.3) is 0 Å². The fourth-order valence-corrected chi connectivity index (χ4v) is 2.28. The van der Waals surface area contributed by atoms with E-state index >= 15 is 0 Å². The Morgan fingerprint density at radius 3 is 2.17 bits per heavy atom. The van der Waals surface area contributed by atoms with Crippen molar-refractivity contribution < 1.29 is 19.1 Å². The quantitative estimate of drug-likeness (QED) is 0.588. The molecule has 0 bridgehead atoms. The fraction of sp³-hybridized carbons (Fsp3) is 0.538. The molecular weight excluding hydrogens is 252 g/mol. The Bertz CT molecular complexity index is 379. The standard InChI is InChI=1S/C13H18O4S/c1-4-16-11(14)13(3,12(15)17-5-2)8-10-6-7-18-9-10/h6-7,9H,4-5,8H2,1-3H3. The van der Waals surface area contributed by atoms with Crippen molar-refractivity contribution >= 4 is 23.3 Å². The van der Waals surface area contributed by atoms with Crippen LogP contribution in [-0.4, -0.2) is 25.2 Å². The highest BCUT2D eigenvalue weighted by Gasteiger charge is 2.44. The van der Waals surface area contributed by atoms with E-state index in [9.17, 15) is 9.59 Å². The van der Waals surface area contributed by atoms with Crippen molar-refractivity contribution in [2.24, 2.45) is 5.41 Å². The molecule has 0 aliphatic rings. The number of hydrogen-bond donors (Lipinski definition) is 0. The molecule has 0 fully saturated rings. The predicted octanol–water partition coefficient (Wildman–Crippen LogP) is 2.42. The molecule has 5 heteroatoms. The average molecular weight is 270 g/mol. The number of thiophene rings is 1. The number of hydrogen-bond acceptors (Lipinski definition) is 5. The Balaban J connectivity index is 2.92. The van der Waals surface area contributed by atoms with E-state index in [1.165, 1.54) is 11.3 Å². The molecule has 0 spiro atoms. The van der Waals surface area contributed by atoms with Gasteiger partial charge in [0.15, 0.2) is 5.41 Å². The first-order chi connectivity index (χ1) is 8.54. The summed E-state index contributed by atoms with van der Waals surface area (Å²) >= 11 is 1.53. The summed E-state index contributed by atoms with van der Waals surface area (Å²) in [5, 5.41) is 3.82. The van der Waals surface area contributed by atoms with Crippen LogP contribution in [0.5, 0.6) is 0 Å². The molecular formula is C13H18O4S. The zero-order valence-corrected chi connectivity index (χ0v) is 11.7. The highest BCUT2D eigenvalue weighted by atomic mass is 32.1. The lowest BCUT2D eigenvalue weighted by molar-refractivity contribution is -0.170. The van der Waals surface area contributed by atoms with Gasteiger partial charge in [-0.3, -0.25) is 9.59 Å². The van der Waals surface area contributed by atoms with Crippen LogP contribution in [0.15, 0.2) is 16.8 Å². The monoisotopic (exact) mass is 270 g/mol. The van der Waals surface area contributed by atoms with Crippen LogP contribution in [-0.2, 0) is 25.5 Å². The van der Waals surface area contributed by atoms with Crippen molar-refractivity contribution in [1.82, 2.24) is 0 Å². The van der Waals surface area contributed by atoms with Gasteiger partial charge in [-0.15, -0.1) is 0 Å². The fourth-order valence-electron chi connectivity index (χ4n) is 1.61. The van der Waals surface area contributed by atoms with E-state index in [1.54, 1.807) is 20.8 Å². The molecule has 1 heterocycles. The van der Waals surface area contributed by atoms with Gasteiger partial charge < -0.3 is 9.47 Å². The summed E-state index contributed by atoms with van der Waals surface area (Å²) in [7, 11) is 0. The molecule has 0 amide bonds. The smallest absolute Gasteiger partial charge is 0.323 e. The van der Waals surface area contributed by atoms with Crippen molar-refractivity contribution in [2.75, 3.05) is 13.2 Å². The Labute approximate surface area is 111 Å². The lowest BCUT2D eigenvalue weighted by Crippen LogP contribution is -2.41. The molecule has 18 heavy (non-hydrogen) atoms. The van der Waals surface area contributed by atoms with Crippen molar-refractivity contribution in [1.29, 1.82) is 0 Å². The summed E-state index contributed by atoms with van der Waals surface area (Å²) in [6.07, 6.45) is 0.300. The number of esters is 2. The maximum absolute atomic E-state index is 12.0. The molecule has 0 unspecified atom stereocenters. The lowest BCUT2D eigenvalue weighted by Gasteiger charge is -2.24.